The first kappa shape index (κ1) is 22.0. The number of hydrogen-bond donors (Lipinski definition) is 0. The highest BCUT2D eigenvalue weighted by molar-refractivity contribution is 5.45. The van der Waals surface area contributed by atoms with Crippen LogP contribution in [0.4, 0.5) is 0 Å². The van der Waals surface area contributed by atoms with Gasteiger partial charge < -0.3 is 4.74 Å². The Morgan fingerprint density at radius 3 is 2.10 bits per heavy atom. The molecule has 2 aromatic carbocycles. The van der Waals surface area contributed by atoms with Crippen LogP contribution in [0.2, 0.25) is 0 Å². The average molecular weight is 415 g/mol. The third-order valence-electron chi connectivity index (χ3n) is 7.76. The van der Waals surface area contributed by atoms with E-state index in [4.69, 9.17) is 4.74 Å². The minimum Gasteiger partial charge on any atom is -0.497 e. The predicted octanol–water partition coefficient (Wildman–Crippen LogP) is 7.98. The van der Waals surface area contributed by atoms with Crippen LogP contribution in [0, 0.1) is 29.6 Å². The van der Waals surface area contributed by atoms with Gasteiger partial charge in [-0.15, -0.1) is 0 Å². The van der Waals surface area contributed by atoms with E-state index in [9.17, 15) is 0 Å². The first-order valence-corrected chi connectivity index (χ1v) is 12.5. The minimum atomic E-state index is 0.751. The molecule has 0 N–H and O–H groups in total. The summed E-state index contributed by atoms with van der Waals surface area (Å²) in [5.74, 6) is 11.2. The van der Waals surface area contributed by atoms with Gasteiger partial charge in [-0.1, -0.05) is 63.0 Å². The van der Waals surface area contributed by atoms with Crippen molar-refractivity contribution in [2.45, 2.75) is 77.0 Å². The van der Waals surface area contributed by atoms with Crippen LogP contribution < -0.4 is 4.74 Å². The van der Waals surface area contributed by atoms with Crippen molar-refractivity contribution in [3.8, 4) is 17.6 Å². The molecule has 0 saturated heterocycles. The van der Waals surface area contributed by atoms with E-state index in [0.717, 1.165) is 40.5 Å². The Balaban J connectivity index is 1.31. The maximum absolute atomic E-state index is 5.21. The van der Waals surface area contributed by atoms with Crippen molar-refractivity contribution in [1.29, 1.82) is 0 Å². The van der Waals surface area contributed by atoms with E-state index >= 15 is 0 Å². The first-order valence-electron chi connectivity index (χ1n) is 12.5. The standard InChI is InChI=1S/C30H38O/c1-3-4-5-6-25-11-16-29-22-28(18-17-27(29)21-25)26-14-9-23(10-15-26)7-8-24-12-19-30(31-2)20-13-24/h9-10,12-15,19-20,25,27-29H,3-6,11,16-18,21-22H2,1-2H3/t25?,27-,28-,29-/m1/s1. The molecule has 2 aliphatic carbocycles. The summed E-state index contributed by atoms with van der Waals surface area (Å²) in [5.41, 5.74) is 3.65. The molecule has 2 aliphatic rings. The summed E-state index contributed by atoms with van der Waals surface area (Å²) in [6.45, 7) is 2.32. The van der Waals surface area contributed by atoms with Crippen molar-refractivity contribution in [2.75, 3.05) is 7.11 Å². The highest BCUT2D eigenvalue weighted by Gasteiger charge is 2.35. The molecule has 2 saturated carbocycles. The van der Waals surface area contributed by atoms with E-state index in [1.807, 2.05) is 24.3 Å². The molecule has 0 spiro atoms. The van der Waals surface area contributed by atoms with Crippen LogP contribution in [0.1, 0.15) is 93.7 Å². The number of unbranched alkanes of at least 4 members (excludes halogenated alkanes) is 2. The summed E-state index contributed by atoms with van der Waals surface area (Å²) in [6, 6.07) is 17.0. The molecule has 4 rings (SSSR count). The molecule has 164 valence electrons. The Morgan fingerprint density at radius 2 is 1.42 bits per heavy atom. The largest absolute Gasteiger partial charge is 0.497 e. The zero-order valence-corrected chi connectivity index (χ0v) is 19.4. The second kappa shape index (κ2) is 10.9. The van der Waals surface area contributed by atoms with Gasteiger partial charge in [-0.05, 0) is 97.7 Å². The molecule has 0 heterocycles. The molecule has 0 bridgehead atoms. The van der Waals surface area contributed by atoms with Gasteiger partial charge in [-0.2, -0.15) is 0 Å². The second-order valence-corrected chi connectivity index (χ2v) is 9.81. The molecular formula is C30H38O. The average Bonchev–Trinajstić information content (AvgIpc) is 2.83. The Morgan fingerprint density at radius 1 is 0.774 bits per heavy atom. The number of benzene rings is 2. The van der Waals surface area contributed by atoms with Crippen LogP contribution in [0.15, 0.2) is 48.5 Å². The molecule has 4 atom stereocenters. The van der Waals surface area contributed by atoms with Gasteiger partial charge in [0.2, 0.25) is 0 Å². The zero-order valence-electron chi connectivity index (χ0n) is 19.4. The van der Waals surface area contributed by atoms with Gasteiger partial charge in [0.25, 0.3) is 0 Å². The third kappa shape index (κ3) is 5.94. The van der Waals surface area contributed by atoms with Crippen molar-refractivity contribution in [1.82, 2.24) is 0 Å². The van der Waals surface area contributed by atoms with E-state index < -0.39 is 0 Å². The highest BCUT2D eigenvalue weighted by atomic mass is 16.5. The summed E-state index contributed by atoms with van der Waals surface area (Å²) in [7, 11) is 1.69. The van der Waals surface area contributed by atoms with Crippen molar-refractivity contribution in [3.05, 3.63) is 65.2 Å². The van der Waals surface area contributed by atoms with E-state index in [2.05, 4.69) is 43.0 Å². The van der Waals surface area contributed by atoms with Gasteiger partial charge in [-0.25, -0.2) is 0 Å². The predicted molar refractivity (Wildman–Crippen MR) is 130 cm³/mol. The van der Waals surface area contributed by atoms with E-state index in [1.54, 1.807) is 7.11 Å². The number of hydrogen-bond acceptors (Lipinski definition) is 1. The Kier molecular flexibility index (Phi) is 7.74. The lowest BCUT2D eigenvalue weighted by atomic mass is 9.63. The van der Waals surface area contributed by atoms with Crippen molar-refractivity contribution in [3.63, 3.8) is 0 Å². The van der Waals surface area contributed by atoms with E-state index in [-0.39, 0.29) is 0 Å². The molecule has 1 nitrogen and oxygen atoms in total. The summed E-state index contributed by atoms with van der Waals surface area (Å²) in [5, 5.41) is 0. The number of fused-ring (bicyclic) bond motifs is 1. The molecule has 0 amide bonds. The maximum atomic E-state index is 5.21. The highest BCUT2D eigenvalue weighted by Crippen LogP contribution is 2.48. The van der Waals surface area contributed by atoms with E-state index in [1.165, 1.54) is 69.8 Å². The van der Waals surface area contributed by atoms with Crippen LogP contribution in [-0.4, -0.2) is 7.11 Å². The van der Waals surface area contributed by atoms with Crippen molar-refractivity contribution in [2.24, 2.45) is 17.8 Å². The van der Waals surface area contributed by atoms with Gasteiger partial charge in [-0.3, -0.25) is 0 Å². The SMILES string of the molecule is CCCCCC1CC[C@@H]2C[C@H](c3ccc(C#Cc4ccc(OC)cc4)cc3)CC[C@@H]2C1. The van der Waals surface area contributed by atoms with Gasteiger partial charge in [0, 0.05) is 11.1 Å². The normalized spacial score (nSPS) is 25.2. The molecule has 0 aliphatic heterocycles. The molecule has 0 aromatic heterocycles. The Bertz CT molecular complexity index is 867. The number of ether oxygens (including phenoxy) is 1. The van der Waals surface area contributed by atoms with E-state index in [0.29, 0.717) is 0 Å². The quantitative estimate of drug-likeness (QED) is 0.344. The number of methoxy groups -OCH3 is 1. The smallest absolute Gasteiger partial charge is 0.118 e. The fourth-order valence-corrected chi connectivity index (χ4v) is 5.89. The molecule has 2 fully saturated rings. The molecule has 1 heteroatoms. The lowest BCUT2D eigenvalue weighted by molar-refractivity contribution is 0.113. The molecule has 2 aromatic rings. The minimum absolute atomic E-state index is 0.751. The molecular weight excluding hydrogens is 376 g/mol. The monoisotopic (exact) mass is 414 g/mol. The summed E-state index contributed by atoms with van der Waals surface area (Å²) < 4.78 is 5.21. The van der Waals surface area contributed by atoms with Crippen LogP contribution >= 0.6 is 0 Å². The fraction of sp³-hybridized carbons (Fsp3) is 0.533. The summed E-state index contributed by atoms with van der Waals surface area (Å²) in [6.07, 6.45) is 14.4. The van der Waals surface area contributed by atoms with Crippen molar-refractivity contribution >= 4 is 0 Å². The summed E-state index contributed by atoms with van der Waals surface area (Å²) >= 11 is 0. The fourth-order valence-electron chi connectivity index (χ4n) is 5.89. The third-order valence-corrected chi connectivity index (χ3v) is 7.76. The van der Waals surface area contributed by atoms with Crippen LogP contribution in [0.25, 0.3) is 0 Å². The van der Waals surface area contributed by atoms with Crippen LogP contribution in [-0.2, 0) is 0 Å². The first-order chi connectivity index (χ1) is 15.2. The molecule has 0 radical (unpaired) electrons. The number of rotatable bonds is 6. The van der Waals surface area contributed by atoms with Gasteiger partial charge in [0.1, 0.15) is 5.75 Å². The lowest BCUT2D eigenvalue weighted by Gasteiger charge is -2.42. The molecule has 1 unspecified atom stereocenters. The van der Waals surface area contributed by atoms with Gasteiger partial charge >= 0.3 is 0 Å². The van der Waals surface area contributed by atoms with Crippen LogP contribution in [0.3, 0.4) is 0 Å². The van der Waals surface area contributed by atoms with Crippen LogP contribution in [0.5, 0.6) is 5.75 Å². The van der Waals surface area contributed by atoms with Crippen molar-refractivity contribution < 1.29 is 4.74 Å². The lowest BCUT2D eigenvalue weighted by Crippen LogP contribution is -2.30. The second-order valence-electron chi connectivity index (χ2n) is 9.81. The Hall–Kier alpha value is -2.20. The summed E-state index contributed by atoms with van der Waals surface area (Å²) in [4.78, 5) is 0. The van der Waals surface area contributed by atoms with Gasteiger partial charge in [0.15, 0.2) is 0 Å². The topological polar surface area (TPSA) is 9.23 Å². The van der Waals surface area contributed by atoms with Gasteiger partial charge in [0.05, 0.1) is 7.11 Å². The molecule has 31 heavy (non-hydrogen) atoms. The Labute approximate surface area is 189 Å². The zero-order chi connectivity index (χ0) is 21.5. The maximum Gasteiger partial charge on any atom is 0.118 e.